The topological polar surface area (TPSA) is 88.4 Å². The molecule has 4 aromatic rings. The lowest BCUT2D eigenvalue weighted by molar-refractivity contribution is -0.0591. The number of pyridine rings is 1. The number of ether oxygens (including phenoxy) is 1. The van der Waals surface area contributed by atoms with E-state index in [1.54, 1.807) is 13.3 Å². The number of rotatable bonds is 11. The summed E-state index contributed by atoms with van der Waals surface area (Å²) in [5, 5.41) is 11.0. The molecule has 1 aliphatic carbocycles. The minimum Gasteiger partial charge on any atom is -0.480 e. The van der Waals surface area contributed by atoms with Gasteiger partial charge in [0.25, 0.3) is 0 Å². The molecule has 0 spiro atoms. The third-order valence-electron chi connectivity index (χ3n) is 9.56. The highest BCUT2D eigenvalue weighted by atomic mass is 35.5. The van der Waals surface area contributed by atoms with Crippen LogP contribution in [-0.4, -0.2) is 56.5 Å². The van der Waals surface area contributed by atoms with E-state index >= 15 is 0 Å². The second-order valence-corrected chi connectivity index (χ2v) is 14.1. The molecule has 7 nitrogen and oxygen atoms in total. The van der Waals surface area contributed by atoms with Gasteiger partial charge in [0.05, 0.1) is 40.3 Å². The number of hydrogen-bond donors (Lipinski definition) is 1. The first-order valence-corrected chi connectivity index (χ1v) is 17.3. The maximum atomic E-state index is 13.6. The van der Waals surface area contributed by atoms with Gasteiger partial charge < -0.3 is 9.84 Å². The summed E-state index contributed by atoms with van der Waals surface area (Å²) in [4.78, 5) is 30.3. The Hall–Kier alpha value is -3.36. The van der Waals surface area contributed by atoms with E-state index in [4.69, 9.17) is 42.9 Å². The van der Waals surface area contributed by atoms with Crippen LogP contribution in [0.4, 0.5) is 0 Å². The van der Waals surface area contributed by atoms with Crippen molar-refractivity contribution < 1.29 is 14.6 Å². The van der Waals surface area contributed by atoms with Crippen LogP contribution in [0.5, 0.6) is 5.88 Å². The highest BCUT2D eigenvalue weighted by molar-refractivity contribution is 6.38. The monoisotopic (exact) mass is 672 g/mol. The number of carbonyl (C=O) groups is 1. The Kier molecular flexibility index (Phi) is 10.00. The lowest BCUT2D eigenvalue weighted by atomic mass is 9.70. The number of halogens is 2. The molecule has 0 saturated heterocycles. The number of ketones is 1. The maximum Gasteiger partial charge on any atom is 0.235 e. The van der Waals surface area contributed by atoms with Crippen molar-refractivity contribution in [2.75, 3.05) is 20.2 Å². The summed E-state index contributed by atoms with van der Waals surface area (Å²) >= 11 is 14.0. The van der Waals surface area contributed by atoms with Crippen LogP contribution in [-0.2, 0) is 25.8 Å². The molecule has 246 valence electrons. The molecule has 3 heterocycles. The van der Waals surface area contributed by atoms with Gasteiger partial charge in [0.2, 0.25) is 5.88 Å². The van der Waals surface area contributed by atoms with Gasteiger partial charge in [-0.1, -0.05) is 66.5 Å². The van der Waals surface area contributed by atoms with Gasteiger partial charge in [-0.15, -0.1) is 0 Å². The highest BCUT2D eigenvalue weighted by Crippen LogP contribution is 2.42. The molecule has 1 fully saturated rings. The zero-order valence-corrected chi connectivity index (χ0v) is 29.1. The average Bonchev–Trinajstić information content (AvgIpc) is 3.04. The fraction of sp³-hybridized carbons (Fsp3) is 0.421. The van der Waals surface area contributed by atoms with Gasteiger partial charge in [0.1, 0.15) is 11.4 Å². The fourth-order valence-electron chi connectivity index (χ4n) is 7.16. The van der Waals surface area contributed by atoms with Gasteiger partial charge in [0, 0.05) is 36.2 Å². The van der Waals surface area contributed by atoms with Crippen LogP contribution < -0.4 is 4.74 Å². The van der Waals surface area contributed by atoms with Crippen LogP contribution in [0.25, 0.3) is 22.4 Å². The van der Waals surface area contributed by atoms with Crippen LogP contribution in [0.2, 0.25) is 10.0 Å². The number of Topliss-reactive ketones (excluding diaryl/α,β-unsaturated/α-hetero) is 1. The van der Waals surface area contributed by atoms with Crippen LogP contribution in [0.15, 0.2) is 48.7 Å². The van der Waals surface area contributed by atoms with Crippen LogP contribution >= 0.6 is 23.2 Å². The summed E-state index contributed by atoms with van der Waals surface area (Å²) in [5.41, 5.74) is 7.63. The third kappa shape index (κ3) is 7.24. The summed E-state index contributed by atoms with van der Waals surface area (Å²) in [6.45, 7) is 8.98. The SMILES string of the molecule is CCCN1CCc2c(C)cc(C(=O)Cc3cccc(-c4cccc(-c5cnc(CCC6CC(C)(O)C6)c(OC)n5)c4Cl)c3Cl)nc2C1. The van der Waals surface area contributed by atoms with E-state index in [0.717, 1.165) is 91.8 Å². The first-order valence-electron chi connectivity index (χ1n) is 16.5. The number of aryl methyl sites for hydroxylation is 2. The van der Waals surface area contributed by atoms with Gasteiger partial charge in [0.15, 0.2) is 5.78 Å². The van der Waals surface area contributed by atoms with Gasteiger partial charge in [-0.05, 0) is 87.6 Å². The van der Waals surface area contributed by atoms with E-state index in [1.807, 2.05) is 49.4 Å². The minimum atomic E-state index is -0.543. The normalized spacial score (nSPS) is 19.3. The first kappa shape index (κ1) is 33.5. The third-order valence-corrected chi connectivity index (χ3v) is 10.4. The number of methoxy groups -OCH3 is 1. The van der Waals surface area contributed by atoms with Gasteiger partial charge in [-0.25, -0.2) is 9.97 Å². The van der Waals surface area contributed by atoms with Gasteiger partial charge in [-0.3, -0.25) is 14.7 Å². The summed E-state index contributed by atoms with van der Waals surface area (Å²) in [6, 6.07) is 13.4. The molecule has 1 N–H and O–H groups in total. The molecule has 0 bridgehead atoms. The first-order chi connectivity index (χ1) is 22.6. The molecule has 0 unspecified atom stereocenters. The Balaban J connectivity index is 1.22. The van der Waals surface area contributed by atoms with E-state index in [2.05, 4.69) is 18.7 Å². The largest absolute Gasteiger partial charge is 0.480 e. The number of fused-ring (bicyclic) bond motifs is 1. The van der Waals surface area contributed by atoms with Crippen molar-refractivity contribution in [1.29, 1.82) is 0 Å². The molecule has 9 heteroatoms. The van der Waals surface area contributed by atoms with Crippen LogP contribution in [0, 0.1) is 12.8 Å². The summed E-state index contributed by atoms with van der Waals surface area (Å²) in [7, 11) is 1.60. The quantitative estimate of drug-likeness (QED) is 0.161. The van der Waals surface area contributed by atoms with Crippen molar-refractivity contribution in [3.8, 4) is 28.3 Å². The van der Waals surface area contributed by atoms with Crippen molar-refractivity contribution in [1.82, 2.24) is 19.9 Å². The molecule has 0 radical (unpaired) electrons. The smallest absolute Gasteiger partial charge is 0.235 e. The molecule has 47 heavy (non-hydrogen) atoms. The van der Waals surface area contributed by atoms with E-state index in [0.29, 0.717) is 38.8 Å². The molecular weight excluding hydrogens is 631 g/mol. The molecule has 1 saturated carbocycles. The molecule has 2 aromatic heterocycles. The zero-order valence-electron chi connectivity index (χ0n) is 27.6. The van der Waals surface area contributed by atoms with Crippen molar-refractivity contribution >= 4 is 29.0 Å². The predicted molar refractivity (Wildman–Crippen MR) is 187 cm³/mol. The van der Waals surface area contributed by atoms with Crippen LogP contribution in [0.3, 0.4) is 0 Å². The lowest BCUT2D eigenvalue weighted by Crippen LogP contribution is -2.40. The zero-order chi connectivity index (χ0) is 33.3. The molecule has 1 aliphatic heterocycles. The Morgan fingerprint density at radius 1 is 1.09 bits per heavy atom. The number of aliphatic hydroxyl groups is 1. The van der Waals surface area contributed by atoms with Gasteiger partial charge in [-0.2, -0.15) is 0 Å². The summed E-state index contributed by atoms with van der Waals surface area (Å²) < 4.78 is 5.62. The number of carbonyl (C=O) groups excluding carboxylic acids is 1. The molecule has 2 aliphatic rings. The standard InChI is InChI=1S/C38H42Cl2N4O3/c1-5-15-44-16-14-26-23(2)17-31(42-33(26)22-44)34(45)18-25-8-6-9-27(35(25)39)28-10-7-11-29(36(28)40)32-21-41-30(37(43-32)47-4)13-12-24-19-38(3,46)20-24/h6-11,17,21,24,46H,5,12-16,18-20,22H2,1-4H3. The lowest BCUT2D eigenvalue weighted by Gasteiger charge is -2.41. The second-order valence-electron chi connectivity index (χ2n) is 13.3. The Morgan fingerprint density at radius 3 is 2.53 bits per heavy atom. The minimum absolute atomic E-state index is 0.0624. The van der Waals surface area contributed by atoms with Crippen molar-refractivity contribution in [3.63, 3.8) is 0 Å². The maximum absolute atomic E-state index is 13.6. The van der Waals surface area contributed by atoms with Crippen molar-refractivity contribution in [2.45, 2.75) is 77.9 Å². The number of nitrogens with zero attached hydrogens (tertiary/aromatic N) is 4. The predicted octanol–water partition coefficient (Wildman–Crippen LogP) is 8.12. The highest BCUT2D eigenvalue weighted by Gasteiger charge is 2.37. The van der Waals surface area contributed by atoms with Crippen LogP contribution in [0.1, 0.15) is 78.1 Å². The van der Waals surface area contributed by atoms with E-state index in [9.17, 15) is 9.90 Å². The molecule has 6 rings (SSSR count). The van der Waals surface area contributed by atoms with Gasteiger partial charge >= 0.3 is 0 Å². The molecule has 2 aromatic carbocycles. The van der Waals surface area contributed by atoms with Crippen molar-refractivity contribution in [3.05, 3.63) is 92.5 Å². The van der Waals surface area contributed by atoms with E-state index < -0.39 is 5.60 Å². The fourth-order valence-corrected chi connectivity index (χ4v) is 7.78. The van der Waals surface area contributed by atoms with E-state index in [1.165, 1.54) is 5.56 Å². The molecular formula is C38H42Cl2N4O3. The van der Waals surface area contributed by atoms with E-state index in [-0.39, 0.29) is 12.2 Å². The molecule has 0 atom stereocenters. The Labute approximate surface area is 287 Å². The Bertz CT molecular complexity index is 1800. The average molecular weight is 674 g/mol. The Morgan fingerprint density at radius 2 is 1.81 bits per heavy atom. The number of benzene rings is 2. The molecule has 0 amide bonds. The number of hydrogen-bond acceptors (Lipinski definition) is 7. The summed E-state index contributed by atoms with van der Waals surface area (Å²) in [5.74, 6) is 0.887. The number of aromatic nitrogens is 3. The second kappa shape index (κ2) is 14.0. The summed E-state index contributed by atoms with van der Waals surface area (Å²) in [6.07, 6.45) is 7.19. The van der Waals surface area contributed by atoms with Crippen molar-refractivity contribution in [2.24, 2.45) is 5.92 Å².